The lowest BCUT2D eigenvalue weighted by Crippen LogP contribution is -2.23. The van der Waals surface area contributed by atoms with Gasteiger partial charge in [0.25, 0.3) is 0 Å². The minimum absolute atomic E-state index is 0.0596. The van der Waals surface area contributed by atoms with Gasteiger partial charge in [0.1, 0.15) is 34.9 Å². The summed E-state index contributed by atoms with van der Waals surface area (Å²) < 4.78 is 83.3. The molecule has 3 aromatic carbocycles. The molecule has 1 aromatic heterocycles. The molecule has 0 spiro atoms. The maximum atomic E-state index is 13.9. The number of hydrogen-bond donors (Lipinski definition) is 0. The number of nitriles is 3. The summed E-state index contributed by atoms with van der Waals surface area (Å²) in [5, 5.41) is 30.0. The number of hydrogen-bond acceptors (Lipinski definition) is 10. The summed E-state index contributed by atoms with van der Waals surface area (Å²) in [5.41, 5.74) is -1.57. The van der Waals surface area contributed by atoms with E-state index in [0.717, 1.165) is 36.4 Å². The number of allylic oxidation sites excluding steroid dienone is 3. The smallest absolute Gasteiger partial charge is 0.173 e. The Morgan fingerprint density at radius 1 is 0.396 bits per heavy atom. The normalized spacial score (nSPS) is 13.2. The largest absolute Gasteiger partial charge is 0.246 e. The summed E-state index contributed by atoms with van der Waals surface area (Å²) in [6.45, 7) is 0. The predicted octanol–water partition coefficient (Wildman–Crippen LogP) is 2.35. The first kappa shape index (κ1) is 29.6. The molecule has 0 fully saturated rings. The fourth-order valence-corrected chi connectivity index (χ4v) is 4.83. The second kappa shape index (κ2) is 11.0. The van der Waals surface area contributed by atoms with E-state index in [1.54, 1.807) is 0 Å². The molecule has 228 valence electrons. The number of pyridine rings is 1. The van der Waals surface area contributed by atoms with Crippen LogP contribution in [0.15, 0.2) is 95.9 Å². The molecular weight excluding hydrogens is 638 g/mol. The minimum atomic E-state index is -1.21. The molecule has 0 saturated heterocycles. The Bertz CT molecular complexity index is 2390. The molecule has 16 heteroatoms. The topological polar surface area (TPSA) is 158 Å². The Hall–Kier alpha value is -7.12. The zero-order valence-electron chi connectivity index (χ0n) is 23.4. The van der Waals surface area contributed by atoms with Gasteiger partial charge in [-0.1, -0.05) is 0 Å². The molecule has 0 N–H and O–H groups in total. The van der Waals surface area contributed by atoms with Crippen molar-refractivity contribution in [2.24, 2.45) is 30.0 Å². The summed E-state index contributed by atoms with van der Waals surface area (Å²) in [5.74, 6) is -8.14. The highest BCUT2D eigenvalue weighted by Gasteiger charge is 2.23. The first-order chi connectivity index (χ1) is 23.1. The van der Waals surface area contributed by atoms with Gasteiger partial charge in [0.15, 0.2) is 52.4 Å². The molecule has 7 rings (SSSR count). The molecule has 4 heterocycles. The Morgan fingerprint density at radius 2 is 0.646 bits per heavy atom. The summed E-state index contributed by atoms with van der Waals surface area (Å²) in [4.78, 5) is 29.1. The van der Waals surface area contributed by atoms with Crippen LogP contribution in [-0.2, 0) is 0 Å². The monoisotopic (exact) mass is 646 g/mol. The average Bonchev–Trinajstić information content (AvgIpc) is 3.76. The van der Waals surface area contributed by atoms with E-state index in [0.29, 0.717) is 0 Å². The van der Waals surface area contributed by atoms with Crippen molar-refractivity contribution in [3.63, 3.8) is 0 Å². The van der Waals surface area contributed by atoms with E-state index >= 15 is 0 Å². The minimum Gasteiger partial charge on any atom is -0.246 e. The molecule has 0 bridgehead atoms. The van der Waals surface area contributed by atoms with E-state index in [2.05, 4.69) is 34.9 Å². The van der Waals surface area contributed by atoms with Gasteiger partial charge in [0.2, 0.25) is 0 Å². The van der Waals surface area contributed by atoms with Crippen LogP contribution in [0.2, 0.25) is 0 Å². The third-order valence-electron chi connectivity index (χ3n) is 7.04. The standard InChI is InChI=1S/C32H8F6N10/c33-16-3-24-25(4-17(16)34)44-30(43-24)13(9-39)12-1-22(14(10-40)31-45-26-5-18(35)19(36)6-27(26)46-31)42-23(2-12)15(11-41)32-47-28-7-20(37)21(38)8-29(28)48-32/h1-8H. The van der Waals surface area contributed by atoms with Gasteiger partial charge in [-0.15, -0.1) is 0 Å². The molecule has 0 radical (unpaired) electrons. The van der Waals surface area contributed by atoms with Crippen molar-refractivity contribution in [1.29, 1.82) is 15.8 Å². The average molecular weight is 646 g/mol. The highest BCUT2D eigenvalue weighted by atomic mass is 19.2. The van der Waals surface area contributed by atoms with Crippen molar-refractivity contribution < 1.29 is 26.3 Å². The predicted molar refractivity (Wildman–Crippen MR) is 148 cm³/mol. The number of halogens is 6. The first-order valence-electron chi connectivity index (χ1n) is 13.3. The van der Waals surface area contributed by atoms with Crippen LogP contribution in [0.4, 0.5) is 26.3 Å². The van der Waals surface area contributed by atoms with Crippen LogP contribution in [-0.4, -0.2) is 4.98 Å². The van der Waals surface area contributed by atoms with Crippen LogP contribution >= 0.6 is 0 Å². The van der Waals surface area contributed by atoms with Crippen molar-refractivity contribution in [3.8, 4) is 18.2 Å². The van der Waals surface area contributed by atoms with Crippen LogP contribution in [0.1, 0.15) is 17.0 Å². The second-order valence-electron chi connectivity index (χ2n) is 9.99. The summed E-state index contributed by atoms with van der Waals surface area (Å²) in [7, 11) is 0. The Kier molecular flexibility index (Phi) is 6.81. The molecule has 0 atom stereocenters. The van der Waals surface area contributed by atoms with Crippen molar-refractivity contribution in [1.82, 2.24) is 4.98 Å². The Balaban J connectivity index is 1.50. The summed E-state index contributed by atoms with van der Waals surface area (Å²) >= 11 is 0. The molecule has 48 heavy (non-hydrogen) atoms. The van der Waals surface area contributed by atoms with Gasteiger partial charge in [-0.05, 0) is 12.1 Å². The molecule has 3 aliphatic rings. The van der Waals surface area contributed by atoms with Crippen LogP contribution in [0.5, 0.6) is 0 Å². The third kappa shape index (κ3) is 4.88. The Labute approximate surface area is 262 Å². The highest BCUT2D eigenvalue weighted by Crippen LogP contribution is 2.30. The van der Waals surface area contributed by atoms with Gasteiger partial charge < -0.3 is 0 Å². The van der Waals surface area contributed by atoms with Gasteiger partial charge in [-0.25, -0.2) is 61.3 Å². The highest BCUT2D eigenvalue weighted by molar-refractivity contribution is 5.87. The third-order valence-corrected chi connectivity index (χ3v) is 7.04. The van der Waals surface area contributed by atoms with Crippen molar-refractivity contribution >= 4 is 16.7 Å². The van der Waals surface area contributed by atoms with Crippen molar-refractivity contribution in [2.45, 2.75) is 0 Å². The van der Waals surface area contributed by atoms with E-state index in [9.17, 15) is 42.1 Å². The summed E-state index contributed by atoms with van der Waals surface area (Å²) in [6.07, 6.45) is 0. The van der Waals surface area contributed by atoms with Gasteiger partial charge >= 0.3 is 0 Å². The molecular formula is C32H8F6N10. The number of fused-ring (bicyclic) bond motifs is 3. The number of aromatic nitrogens is 1. The maximum Gasteiger partial charge on any atom is 0.173 e. The van der Waals surface area contributed by atoms with E-state index in [1.165, 1.54) is 12.1 Å². The molecule has 0 saturated carbocycles. The molecule has 0 aliphatic carbocycles. The zero-order valence-corrected chi connectivity index (χ0v) is 23.4. The number of nitrogens with zero attached hydrogens (tertiary/aromatic N) is 10. The van der Waals surface area contributed by atoms with Gasteiger partial charge in [0.05, 0.1) is 43.5 Å². The van der Waals surface area contributed by atoms with Crippen LogP contribution in [0, 0.1) is 68.9 Å². The lowest BCUT2D eigenvalue weighted by atomic mass is 10.0. The first-order valence-corrected chi connectivity index (χ1v) is 13.3. The van der Waals surface area contributed by atoms with Crippen LogP contribution in [0.25, 0.3) is 16.7 Å². The van der Waals surface area contributed by atoms with Gasteiger partial charge in [0, 0.05) is 42.0 Å². The fourth-order valence-electron chi connectivity index (χ4n) is 4.83. The van der Waals surface area contributed by atoms with E-state index < -0.39 is 34.9 Å². The number of rotatable bonds is 3. The van der Waals surface area contributed by atoms with Crippen molar-refractivity contribution in [3.05, 3.63) is 150 Å². The fraction of sp³-hybridized carbons (Fsp3) is 0. The number of benzene rings is 3. The zero-order chi connectivity index (χ0) is 33.9. The summed E-state index contributed by atoms with van der Waals surface area (Å²) in [6, 6.07) is 12.8. The molecule has 10 nitrogen and oxygen atoms in total. The van der Waals surface area contributed by atoms with E-state index in [-0.39, 0.29) is 83.3 Å². The van der Waals surface area contributed by atoms with E-state index in [4.69, 9.17) is 0 Å². The van der Waals surface area contributed by atoms with Gasteiger partial charge in [-0.3, -0.25) is 0 Å². The quantitative estimate of drug-likeness (QED) is 0.247. The second-order valence-corrected chi connectivity index (χ2v) is 9.99. The van der Waals surface area contributed by atoms with Crippen molar-refractivity contribution in [2.75, 3.05) is 0 Å². The maximum absolute atomic E-state index is 13.9. The lowest BCUT2D eigenvalue weighted by Gasteiger charge is -2.09. The van der Waals surface area contributed by atoms with Gasteiger partial charge in [-0.2, -0.15) is 15.8 Å². The Morgan fingerprint density at radius 3 is 0.896 bits per heavy atom. The van der Waals surface area contributed by atoms with Crippen LogP contribution < -0.4 is 32.1 Å². The lowest BCUT2D eigenvalue weighted by molar-refractivity contribution is 0.506. The molecule has 3 aliphatic heterocycles. The van der Waals surface area contributed by atoms with Crippen LogP contribution in [0.3, 0.4) is 0 Å². The SMILES string of the molecule is N#CC(=C1N=c2cc(F)c(F)cc2=N1)c1cc(C(C#N)=C2N=c3cc(F)c(F)cc3=N2)nc(C(C#N)=C2N=c3cc(F)c(F)cc3=N2)c1. The molecule has 0 amide bonds. The molecule has 4 aromatic rings. The molecule has 0 unspecified atom stereocenters. The van der Waals surface area contributed by atoms with E-state index in [1.807, 2.05) is 18.2 Å².